The molecule has 0 aromatic heterocycles. The number of amides is 1. The molecule has 0 saturated heterocycles. The van der Waals surface area contributed by atoms with Crippen LogP contribution in [0, 0.1) is 17.8 Å². The van der Waals surface area contributed by atoms with Crippen molar-refractivity contribution in [1.29, 1.82) is 0 Å². The van der Waals surface area contributed by atoms with Crippen LogP contribution in [0.15, 0.2) is 101 Å². The third kappa shape index (κ3) is 6.37. The van der Waals surface area contributed by atoms with Crippen molar-refractivity contribution < 1.29 is 19.1 Å². The zero-order valence-corrected chi connectivity index (χ0v) is 26.9. The molecule has 232 valence electrons. The second kappa shape index (κ2) is 11.8. The first-order valence-corrected chi connectivity index (χ1v) is 15.8. The number of aryl methyl sites for hydroxylation is 1. The topological polar surface area (TPSA) is 75.7 Å². The summed E-state index contributed by atoms with van der Waals surface area (Å²) in [4.78, 5) is 43.3. The molecule has 1 heterocycles. The van der Waals surface area contributed by atoms with Gasteiger partial charge < -0.3 is 15.0 Å². The van der Waals surface area contributed by atoms with Crippen LogP contribution < -0.4 is 10.1 Å². The third-order valence-corrected chi connectivity index (χ3v) is 9.19. The molecule has 6 nitrogen and oxygen atoms in total. The quantitative estimate of drug-likeness (QED) is 0.298. The van der Waals surface area contributed by atoms with Gasteiger partial charge in [-0.3, -0.25) is 14.4 Å². The summed E-state index contributed by atoms with van der Waals surface area (Å²) >= 11 is 0. The van der Waals surface area contributed by atoms with Gasteiger partial charge >= 0.3 is 0 Å². The van der Waals surface area contributed by atoms with Crippen LogP contribution in [0.1, 0.15) is 76.0 Å². The minimum Gasteiger partial charge on any atom is -0.484 e. The van der Waals surface area contributed by atoms with Gasteiger partial charge in [0.1, 0.15) is 5.75 Å². The van der Waals surface area contributed by atoms with E-state index in [-0.39, 0.29) is 34.9 Å². The van der Waals surface area contributed by atoms with Crippen molar-refractivity contribution in [2.24, 2.45) is 10.8 Å². The predicted molar refractivity (Wildman–Crippen MR) is 177 cm³/mol. The molecule has 6 heteroatoms. The first-order chi connectivity index (χ1) is 21.4. The second-order valence-corrected chi connectivity index (χ2v) is 14.3. The summed E-state index contributed by atoms with van der Waals surface area (Å²) in [5.41, 5.74) is 6.81. The fourth-order valence-electron chi connectivity index (χ4n) is 7.17. The van der Waals surface area contributed by atoms with Gasteiger partial charge in [0.25, 0.3) is 5.91 Å². The van der Waals surface area contributed by atoms with Crippen LogP contribution in [0.25, 0.3) is 0 Å². The maximum atomic E-state index is 14.1. The lowest BCUT2D eigenvalue weighted by Crippen LogP contribution is -2.44. The summed E-state index contributed by atoms with van der Waals surface area (Å²) in [6.07, 6.45) is 2.36. The summed E-state index contributed by atoms with van der Waals surface area (Å²) in [6, 6.07) is 25.5. The Morgan fingerprint density at radius 3 is 2.02 bits per heavy atom. The second-order valence-electron chi connectivity index (χ2n) is 14.3. The van der Waals surface area contributed by atoms with Gasteiger partial charge in [-0.2, -0.15) is 0 Å². The van der Waals surface area contributed by atoms with E-state index in [0.717, 1.165) is 57.8 Å². The van der Waals surface area contributed by atoms with E-state index in [1.54, 1.807) is 0 Å². The fraction of sp³-hybridized carbons (Fsp3) is 0.359. The van der Waals surface area contributed by atoms with Gasteiger partial charge in [-0.05, 0) is 65.5 Å². The Morgan fingerprint density at radius 1 is 0.800 bits per heavy atom. The number of carbonyl (C=O) groups is 3. The van der Waals surface area contributed by atoms with E-state index in [1.165, 1.54) is 0 Å². The Balaban J connectivity index is 1.39. The molecular formula is C39H42N2O4. The molecule has 1 N–H and O–H groups in total. The van der Waals surface area contributed by atoms with Crippen molar-refractivity contribution in [3.8, 4) is 5.75 Å². The van der Waals surface area contributed by atoms with Gasteiger partial charge in [0.2, 0.25) is 0 Å². The number of Topliss-reactive ketones (excluding diaryl/α,β-unsaturated/α-hetero) is 2. The lowest BCUT2D eigenvalue weighted by atomic mass is 9.63. The van der Waals surface area contributed by atoms with Crippen molar-refractivity contribution in [2.75, 3.05) is 11.9 Å². The number of hydrogen-bond acceptors (Lipinski definition) is 5. The highest BCUT2D eigenvalue weighted by molar-refractivity contribution is 6.06. The molecule has 6 rings (SSSR count). The molecule has 3 aliphatic rings. The number of nitrogens with zero attached hydrogens (tertiary/aromatic N) is 1. The summed E-state index contributed by atoms with van der Waals surface area (Å²) < 4.78 is 5.98. The van der Waals surface area contributed by atoms with Crippen LogP contribution in [0.2, 0.25) is 0 Å². The fourth-order valence-corrected chi connectivity index (χ4v) is 7.17. The standard InChI is InChI=1S/C39H42N2O4/c1-25-12-9-10-17-29(25)40-34(44)24-45-28-16-11-15-27(18-28)35-36-30(19-38(2,3)21-32(36)42)41(23-26-13-7-6-8-14-26)31-20-39(4,5)22-33(43)37(31)35/h6-18,35H,19-24H2,1-5H3,(H,40,44). The number of benzene rings is 3. The average Bonchev–Trinajstić information content (AvgIpc) is 2.97. The number of rotatable bonds is 7. The maximum absolute atomic E-state index is 14.1. The number of anilines is 1. The molecule has 3 aromatic carbocycles. The first-order valence-electron chi connectivity index (χ1n) is 15.8. The largest absolute Gasteiger partial charge is 0.484 e. The highest BCUT2D eigenvalue weighted by Gasteiger charge is 2.49. The predicted octanol–water partition coefficient (Wildman–Crippen LogP) is 7.90. The zero-order chi connectivity index (χ0) is 31.9. The van der Waals surface area contributed by atoms with Gasteiger partial charge in [0.05, 0.1) is 0 Å². The minimum atomic E-state index is -0.474. The normalized spacial score (nSPS) is 19.3. The smallest absolute Gasteiger partial charge is 0.262 e. The number of allylic oxidation sites excluding steroid dienone is 4. The van der Waals surface area contributed by atoms with Crippen molar-refractivity contribution >= 4 is 23.2 Å². The minimum absolute atomic E-state index is 0.0948. The summed E-state index contributed by atoms with van der Waals surface area (Å²) in [6.45, 7) is 11.0. The number of carbonyl (C=O) groups excluding carboxylic acids is 3. The van der Waals surface area contributed by atoms with E-state index in [2.05, 4.69) is 50.0 Å². The molecule has 0 unspecified atom stereocenters. The molecule has 0 atom stereocenters. The molecule has 1 amide bonds. The van der Waals surface area contributed by atoms with Gasteiger partial charge in [0.15, 0.2) is 18.2 Å². The zero-order valence-electron chi connectivity index (χ0n) is 26.9. The van der Waals surface area contributed by atoms with E-state index in [0.29, 0.717) is 25.1 Å². The number of hydrogen-bond donors (Lipinski definition) is 1. The molecule has 3 aromatic rings. The van der Waals surface area contributed by atoms with Crippen molar-refractivity contribution in [3.63, 3.8) is 0 Å². The van der Waals surface area contributed by atoms with E-state index >= 15 is 0 Å². The molecule has 2 aliphatic carbocycles. The summed E-state index contributed by atoms with van der Waals surface area (Å²) in [5.74, 6) is -0.0164. The SMILES string of the molecule is Cc1ccccc1NC(=O)COc1cccc(C2C3=C(CC(C)(C)CC3=O)N(Cc3ccccc3)C3=C2C(=O)CC(C)(C)C3)c1. The molecule has 0 spiro atoms. The van der Waals surface area contributed by atoms with Crippen molar-refractivity contribution in [1.82, 2.24) is 4.90 Å². The lowest BCUT2D eigenvalue weighted by Gasteiger charge is -2.49. The molecule has 45 heavy (non-hydrogen) atoms. The van der Waals surface area contributed by atoms with Gasteiger partial charge in [-0.1, -0.05) is 88.4 Å². The molecular weight excluding hydrogens is 560 g/mol. The highest BCUT2D eigenvalue weighted by Crippen LogP contribution is 2.55. The van der Waals surface area contributed by atoms with Gasteiger partial charge in [-0.25, -0.2) is 0 Å². The van der Waals surface area contributed by atoms with Crippen molar-refractivity contribution in [2.45, 2.75) is 72.8 Å². The van der Waals surface area contributed by atoms with Gasteiger partial charge in [-0.15, -0.1) is 0 Å². The Labute approximate surface area is 266 Å². The number of para-hydroxylation sites is 1. The monoisotopic (exact) mass is 602 g/mol. The van der Waals surface area contributed by atoms with E-state index in [1.807, 2.05) is 73.7 Å². The van der Waals surface area contributed by atoms with Crippen LogP contribution in [0.5, 0.6) is 5.75 Å². The van der Waals surface area contributed by atoms with Crippen LogP contribution in [-0.2, 0) is 20.9 Å². The van der Waals surface area contributed by atoms with E-state index in [9.17, 15) is 14.4 Å². The van der Waals surface area contributed by atoms with Crippen LogP contribution >= 0.6 is 0 Å². The van der Waals surface area contributed by atoms with Crippen LogP contribution in [0.4, 0.5) is 5.69 Å². The van der Waals surface area contributed by atoms with E-state index < -0.39 is 5.92 Å². The number of ketones is 2. The van der Waals surface area contributed by atoms with Crippen LogP contribution in [-0.4, -0.2) is 29.0 Å². The molecule has 0 radical (unpaired) electrons. The Hall–Kier alpha value is -4.45. The average molecular weight is 603 g/mol. The van der Waals surface area contributed by atoms with Crippen molar-refractivity contribution in [3.05, 3.63) is 118 Å². The Kier molecular flexibility index (Phi) is 8.02. The number of nitrogens with one attached hydrogen (secondary N) is 1. The lowest BCUT2D eigenvalue weighted by molar-refractivity contribution is -0.120. The Morgan fingerprint density at radius 2 is 1.40 bits per heavy atom. The third-order valence-electron chi connectivity index (χ3n) is 9.19. The first kappa shape index (κ1) is 30.6. The molecule has 0 saturated carbocycles. The number of ether oxygens (including phenoxy) is 1. The molecule has 0 bridgehead atoms. The summed E-state index contributed by atoms with van der Waals surface area (Å²) in [5, 5.41) is 2.91. The van der Waals surface area contributed by atoms with Crippen LogP contribution in [0.3, 0.4) is 0 Å². The highest BCUT2D eigenvalue weighted by atomic mass is 16.5. The van der Waals surface area contributed by atoms with Gasteiger partial charge in [0, 0.05) is 53.5 Å². The summed E-state index contributed by atoms with van der Waals surface area (Å²) in [7, 11) is 0. The maximum Gasteiger partial charge on any atom is 0.262 e. The Bertz CT molecular complexity index is 1680. The molecule has 1 aliphatic heterocycles. The van der Waals surface area contributed by atoms with E-state index in [4.69, 9.17) is 4.74 Å². The molecule has 0 fully saturated rings.